The minimum atomic E-state index is 0.946. The van der Waals surface area contributed by atoms with Crippen LogP contribution >= 0.6 is 0 Å². The summed E-state index contributed by atoms with van der Waals surface area (Å²) in [6, 6.07) is 58.1. The van der Waals surface area contributed by atoms with Gasteiger partial charge in [0.05, 0.1) is 0 Å². The van der Waals surface area contributed by atoms with E-state index in [9.17, 15) is 0 Å². The highest BCUT2D eigenvalue weighted by Crippen LogP contribution is 2.47. The highest BCUT2D eigenvalue weighted by molar-refractivity contribution is 6.24. The lowest BCUT2D eigenvalue weighted by atomic mass is 9.83. The van der Waals surface area contributed by atoms with E-state index in [0.717, 1.165) is 24.0 Å². The third-order valence-electron chi connectivity index (χ3n) is 11.1. The lowest BCUT2D eigenvalue weighted by Gasteiger charge is -2.20. The van der Waals surface area contributed by atoms with Gasteiger partial charge in [0.15, 0.2) is 0 Å². The second-order valence-corrected chi connectivity index (χ2v) is 13.9. The second kappa shape index (κ2) is 11.0. The van der Waals surface area contributed by atoms with Crippen LogP contribution in [0.1, 0.15) is 17.5 Å². The molecular formula is C50H32O. The Morgan fingerprint density at radius 1 is 0.412 bits per heavy atom. The highest BCUT2D eigenvalue weighted by Gasteiger charge is 2.20. The van der Waals surface area contributed by atoms with Gasteiger partial charge in [-0.15, -0.1) is 0 Å². The fraction of sp³-hybridized carbons (Fsp3) is 0.0400. The Kier molecular flexibility index (Phi) is 6.15. The highest BCUT2D eigenvalue weighted by atomic mass is 16.3. The zero-order valence-electron chi connectivity index (χ0n) is 28.0. The van der Waals surface area contributed by atoms with Crippen molar-refractivity contribution >= 4 is 71.1 Å². The molecule has 0 atom stereocenters. The summed E-state index contributed by atoms with van der Waals surface area (Å²) in [6.07, 6.45) is 6.65. The SMILES string of the molecule is C1=Cc2ccc3oc4ccc(-c5ccc(-c6c7ccccc7c(-c7ccc8ccccc8c7)c7ccccc67)c6ccccc56)cc4c3c2CC1. The Bertz CT molecular complexity index is 3020. The standard InChI is InChI=1S/C50H32O/c1-2-13-33-29-35(22-21-31(33)11-1)48-40-17-7-9-19-42(40)49(43-20-10-8-18-41(43)48)44-26-25-36(38-15-5-6-16-39(38)44)34-24-27-46-45(30-34)50-37-14-4-3-12-32(37)23-28-47(50)51-46/h1-3,5-13,15-30H,4,14H2. The molecule has 1 aromatic heterocycles. The molecule has 0 saturated heterocycles. The molecule has 0 unspecified atom stereocenters. The van der Waals surface area contributed by atoms with Crippen LogP contribution in [0.3, 0.4) is 0 Å². The van der Waals surface area contributed by atoms with Gasteiger partial charge in [0.1, 0.15) is 11.2 Å². The van der Waals surface area contributed by atoms with Crippen LogP contribution < -0.4 is 0 Å². The van der Waals surface area contributed by atoms with Crippen molar-refractivity contribution in [1.82, 2.24) is 0 Å². The van der Waals surface area contributed by atoms with Crippen molar-refractivity contribution in [2.75, 3.05) is 0 Å². The van der Waals surface area contributed by atoms with Crippen LogP contribution in [0.15, 0.2) is 168 Å². The van der Waals surface area contributed by atoms with E-state index in [1.165, 1.54) is 98.4 Å². The molecule has 0 radical (unpaired) electrons. The maximum atomic E-state index is 6.39. The molecule has 0 aliphatic heterocycles. The Labute approximate surface area is 295 Å². The molecule has 1 nitrogen and oxygen atoms in total. The maximum absolute atomic E-state index is 6.39. The average Bonchev–Trinajstić information content (AvgIpc) is 3.58. The molecule has 0 fully saturated rings. The smallest absolute Gasteiger partial charge is 0.135 e. The first-order valence-corrected chi connectivity index (χ1v) is 17.9. The lowest BCUT2D eigenvalue weighted by Crippen LogP contribution is -1.94. The predicted molar refractivity (Wildman–Crippen MR) is 217 cm³/mol. The van der Waals surface area contributed by atoms with Crippen LogP contribution in [0.25, 0.3) is 104 Å². The molecule has 1 aliphatic carbocycles. The second-order valence-electron chi connectivity index (χ2n) is 13.9. The van der Waals surface area contributed by atoms with Crippen LogP contribution in [-0.4, -0.2) is 0 Å². The number of furan rings is 1. The lowest BCUT2D eigenvalue weighted by molar-refractivity contribution is 0.668. The summed E-state index contributed by atoms with van der Waals surface area (Å²) in [6.45, 7) is 0. The summed E-state index contributed by atoms with van der Waals surface area (Å²) in [5, 5.41) is 12.5. The molecule has 10 aromatic rings. The molecule has 238 valence electrons. The van der Waals surface area contributed by atoms with Gasteiger partial charge in [0.25, 0.3) is 0 Å². The monoisotopic (exact) mass is 648 g/mol. The summed E-state index contributed by atoms with van der Waals surface area (Å²) in [4.78, 5) is 0. The van der Waals surface area contributed by atoms with Crippen molar-refractivity contribution < 1.29 is 4.42 Å². The minimum absolute atomic E-state index is 0.946. The fourth-order valence-electron chi connectivity index (χ4n) is 8.83. The zero-order valence-corrected chi connectivity index (χ0v) is 28.0. The van der Waals surface area contributed by atoms with Crippen molar-refractivity contribution in [3.8, 4) is 33.4 Å². The summed E-state index contributed by atoms with van der Waals surface area (Å²) >= 11 is 0. The van der Waals surface area contributed by atoms with E-state index in [1.807, 2.05) is 0 Å². The van der Waals surface area contributed by atoms with E-state index in [0.29, 0.717) is 0 Å². The number of rotatable bonds is 3. The van der Waals surface area contributed by atoms with Crippen LogP contribution in [0.5, 0.6) is 0 Å². The van der Waals surface area contributed by atoms with Gasteiger partial charge in [-0.25, -0.2) is 0 Å². The number of aryl methyl sites for hydroxylation is 1. The Morgan fingerprint density at radius 3 is 1.78 bits per heavy atom. The largest absolute Gasteiger partial charge is 0.456 e. The van der Waals surface area contributed by atoms with Gasteiger partial charge in [0.2, 0.25) is 0 Å². The van der Waals surface area contributed by atoms with E-state index in [4.69, 9.17) is 4.42 Å². The van der Waals surface area contributed by atoms with Gasteiger partial charge in [-0.05, 0) is 125 Å². The molecule has 51 heavy (non-hydrogen) atoms. The van der Waals surface area contributed by atoms with Gasteiger partial charge in [0, 0.05) is 10.8 Å². The molecule has 1 heterocycles. The number of hydrogen-bond donors (Lipinski definition) is 0. The number of fused-ring (bicyclic) bond motifs is 9. The van der Waals surface area contributed by atoms with Crippen molar-refractivity contribution in [2.45, 2.75) is 12.8 Å². The number of hydrogen-bond acceptors (Lipinski definition) is 1. The van der Waals surface area contributed by atoms with Crippen molar-refractivity contribution in [1.29, 1.82) is 0 Å². The quantitative estimate of drug-likeness (QED) is 0.174. The van der Waals surface area contributed by atoms with Crippen molar-refractivity contribution in [3.63, 3.8) is 0 Å². The number of benzene rings is 9. The first kappa shape index (κ1) is 28.4. The maximum Gasteiger partial charge on any atom is 0.135 e. The van der Waals surface area contributed by atoms with Crippen LogP contribution in [0.4, 0.5) is 0 Å². The van der Waals surface area contributed by atoms with Crippen LogP contribution in [0, 0.1) is 0 Å². The first-order valence-electron chi connectivity index (χ1n) is 17.9. The van der Waals surface area contributed by atoms with Gasteiger partial charge in [-0.3, -0.25) is 0 Å². The van der Waals surface area contributed by atoms with Crippen molar-refractivity contribution in [2.24, 2.45) is 0 Å². The van der Waals surface area contributed by atoms with Gasteiger partial charge in [-0.2, -0.15) is 0 Å². The molecule has 11 rings (SSSR count). The van der Waals surface area contributed by atoms with E-state index >= 15 is 0 Å². The normalized spacial score (nSPS) is 12.9. The third kappa shape index (κ3) is 4.28. The summed E-state index contributed by atoms with van der Waals surface area (Å²) in [7, 11) is 0. The molecular weight excluding hydrogens is 617 g/mol. The van der Waals surface area contributed by atoms with Gasteiger partial charge in [-0.1, -0.05) is 146 Å². The molecule has 0 bridgehead atoms. The molecule has 1 aliphatic rings. The third-order valence-corrected chi connectivity index (χ3v) is 11.1. The van der Waals surface area contributed by atoms with E-state index in [2.05, 4.69) is 170 Å². The molecule has 0 spiro atoms. The predicted octanol–water partition coefficient (Wildman–Crippen LogP) is 14.2. The van der Waals surface area contributed by atoms with E-state index < -0.39 is 0 Å². The zero-order chi connectivity index (χ0) is 33.5. The molecule has 0 saturated carbocycles. The first-order chi connectivity index (χ1) is 25.3. The fourth-order valence-corrected chi connectivity index (χ4v) is 8.83. The Morgan fingerprint density at radius 2 is 1.02 bits per heavy atom. The molecule has 1 heteroatoms. The van der Waals surface area contributed by atoms with Crippen LogP contribution in [-0.2, 0) is 6.42 Å². The topological polar surface area (TPSA) is 13.1 Å². The summed E-state index contributed by atoms with van der Waals surface area (Å²) < 4.78 is 6.39. The average molecular weight is 649 g/mol. The van der Waals surface area contributed by atoms with Gasteiger partial charge < -0.3 is 4.42 Å². The Hall–Kier alpha value is -6.44. The summed E-state index contributed by atoms with van der Waals surface area (Å²) in [5.41, 5.74) is 12.1. The Balaban J connectivity index is 1.16. The number of allylic oxidation sites excluding steroid dienone is 1. The minimum Gasteiger partial charge on any atom is -0.456 e. The van der Waals surface area contributed by atoms with Gasteiger partial charge >= 0.3 is 0 Å². The van der Waals surface area contributed by atoms with Crippen LogP contribution in [0.2, 0.25) is 0 Å². The molecule has 0 N–H and O–H groups in total. The van der Waals surface area contributed by atoms with E-state index in [1.54, 1.807) is 0 Å². The van der Waals surface area contributed by atoms with Crippen molar-refractivity contribution in [3.05, 3.63) is 175 Å². The molecule has 9 aromatic carbocycles. The molecule has 0 amide bonds. The summed E-state index contributed by atoms with van der Waals surface area (Å²) in [5.74, 6) is 0. The van der Waals surface area contributed by atoms with E-state index in [-0.39, 0.29) is 0 Å².